The van der Waals surface area contributed by atoms with E-state index in [0.717, 1.165) is 19.5 Å². The SMILES string of the molecule is CC(=O)c1cccc(OC(C)C(=O)NC2CCNC2)c1.Cl. The summed E-state index contributed by atoms with van der Waals surface area (Å²) in [7, 11) is 0. The number of nitrogens with one attached hydrogen (secondary N) is 2. The van der Waals surface area contributed by atoms with Crippen LogP contribution in [0.3, 0.4) is 0 Å². The standard InChI is InChI=1S/C15H20N2O3.ClH/c1-10(18)12-4-3-5-14(8-12)20-11(2)15(19)17-13-6-7-16-9-13;/h3-5,8,11,13,16H,6-7,9H2,1-2H3,(H,17,19);1H. The van der Waals surface area contributed by atoms with E-state index in [1.165, 1.54) is 6.92 Å². The monoisotopic (exact) mass is 312 g/mol. The van der Waals surface area contributed by atoms with Crippen molar-refractivity contribution in [3.8, 4) is 5.75 Å². The number of ketones is 1. The van der Waals surface area contributed by atoms with E-state index in [4.69, 9.17) is 4.74 Å². The second-order valence-electron chi connectivity index (χ2n) is 5.04. The van der Waals surface area contributed by atoms with Crippen molar-refractivity contribution in [3.05, 3.63) is 29.8 Å². The third-order valence-electron chi connectivity index (χ3n) is 3.33. The average molecular weight is 313 g/mol. The van der Waals surface area contributed by atoms with Gasteiger partial charge in [-0.05, 0) is 38.9 Å². The molecule has 2 rings (SSSR count). The molecule has 5 nitrogen and oxygen atoms in total. The van der Waals surface area contributed by atoms with Gasteiger partial charge in [0.05, 0.1) is 0 Å². The largest absolute Gasteiger partial charge is 0.481 e. The second kappa shape index (κ2) is 8.00. The van der Waals surface area contributed by atoms with Gasteiger partial charge in [-0.25, -0.2) is 0 Å². The van der Waals surface area contributed by atoms with Gasteiger partial charge in [-0.3, -0.25) is 9.59 Å². The Morgan fingerprint density at radius 1 is 1.43 bits per heavy atom. The molecule has 1 heterocycles. The molecule has 2 atom stereocenters. The molecule has 2 unspecified atom stereocenters. The molecule has 2 N–H and O–H groups in total. The Bertz CT molecular complexity index is 501. The number of rotatable bonds is 5. The third kappa shape index (κ3) is 5.02. The van der Waals surface area contributed by atoms with Crippen molar-refractivity contribution < 1.29 is 14.3 Å². The first-order valence-corrected chi connectivity index (χ1v) is 6.85. The number of hydrogen-bond donors (Lipinski definition) is 2. The Hall–Kier alpha value is -1.59. The van der Waals surface area contributed by atoms with Crippen molar-refractivity contribution in [3.63, 3.8) is 0 Å². The topological polar surface area (TPSA) is 67.4 Å². The minimum absolute atomic E-state index is 0. The summed E-state index contributed by atoms with van der Waals surface area (Å²) in [5, 5.41) is 6.14. The number of amides is 1. The maximum absolute atomic E-state index is 12.0. The fraction of sp³-hybridized carbons (Fsp3) is 0.467. The Labute approximate surface area is 130 Å². The van der Waals surface area contributed by atoms with Gasteiger partial charge in [0.1, 0.15) is 5.75 Å². The van der Waals surface area contributed by atoms with Gasteiger partial charge in [0, 0.05) is 18.2 Å². The quantitative estimate of drug-likeness (QED) is 0.810. The first-order chi connectivity index (χ1) is 9.56. The summed E-state index contributed by atoms with van der Waals surface area (Å²) in [4.78, 5) is 23.3. The van der Waals surface area contributed by atoms with E-state index in [-0.39, 0.29) is 30.1 Å². The van der Waals surface area contributed by atoms with Gasteiger partial charge in [-0.1, -0.05) is 12.1 Å². The molecule has 1 fully saturated rings. The molecule has 0 saturated carbocycles. The van der Waals surface area contributed by atoms with E-state index in [1.54, 1.807) is 31.2 Å². The average Bonchev–Trinajstić information content (AvgIpc) is 2.91. The van der Waals surface area contributed by atoms with Gasteiger partial charge in [0.2, 0.25) is 0 Å². The van der Waals surface area contributed by atoms with Crippen molar-refractivity contribution in [2.45, 2.75) is 32.4 Å². The van der Waals surface area contributed by atoms with Crippen molar-refractivity contribution in [2.75, 3.05) is 13.1 Å². The third-order valence-corrected chi connectivity index (χ3v) is 3.33. The summed E-state index contributed by atoms with van der Waals surface area (Å²) >= 11 is 0. The lowest BCUT2D eigenvalue weighted by molar-refractivity contribution is -0.127. The zero-order valence-corrected chi connectivity index (χ0v) is 13.0. The number of hydrogen-bond acceptors (Lipinski definition) is 4. The normalized spacial score (nSPS) is 18.5. The van der Waals surface area contributed by atoms with E-state index < -0.39 is 6.10 Å². The molecule has 21 heavy (non-hydrogen) atoms. The van der Waals surface area contributed by atoms with Gasteiger partial charge in [-0.2, -0.15) is 0 Å². The summed E-state index contributed by atoms with van der Waals surface area (Å²) in [5.41, 5.74) is 0.579. The molecule has 6 heteroatoms. The molecular weight excluding hydrogens is 292 g/mol. The predicted molar refractivity (Wildman–Crippen MR) is 83.2 cm³/mol. The molecule has 0 radical (unpaired) electrons. The van der Waals surface area contributed by atoms with E-state index >= 15 is 0 Å². The minimum atomic E-state index is -0.585. The van der Waals surface area contributed by atoms with E-state index in [1.807, 2.05) is 0 Å². The number of halogens is 1. The van der Waals surface area contributed by atoms with E-state index in [9.17, 15) is 9.59 Å². The van der Waals surface area contributed by atoms with Crippen LogP contribution in [-0.4, -0.2) is 36.9 Å². The Morgan fingerprint density at radius 3 is 2.81 bits per heavy atom. The number of carbonyl (C=O) groups excluding carboxylic acids is 2. The first kappa shape index (κ1) is 17.5. The van der Waals surface area contributed by atoms with Gasteiger partial charge in [0.15, 0.2) is 11.9 Å². The van der Waals surface area contributed by atoms with Crippen LogP contribution >= 0.6 is 12.4 Å². The molecule has 116 valence electrons. The van der Waals surface area contributed by atoms with Crippen LogP contribution in [0.4, 0.5) is 0 Å². The molecule has 1 aromatic carbocycles. The second-order valence-corrected chi connectivity index (χ2v) is 5.04. The zero-order valence-electron chi connectivity index (χ0n) is 12.2. The molecule has 1 aliphatic rings. The highest BCUT2D eigenvalue weighted by molar-refractivity contribution is 5.94. The van der Waals surface area contributed by atoms with E-state index in [0.29, 0.717) is 11.3 Å². The molecule has 1 saturated heterocycles. The smallest absolute Gasteiger partial charge is 0.261 e. The van der Waals surface area contributed by atoms with Crippen molar-refractivity contribution >= 4 is 24.1 Å². The highest BCUT2D eigenvalue weighted by Crippen LogP contribution is 2.15. The summed E-state index contributed by atoms with van der Waals surface area (Å²) in [6.07, 6.45) is 0.357. The lowest BCUT2D eigenvalue weighted by atomic mass is 10.1. The molecule has 1 aliphatic heterocycles. The number of Topliss-reactive ketones (excluding diaryl/α,β-unsaturated/α-hetero) is 1. The fourth-order valence-corrected chi connectivity index (χ4v) is 2.14. The lowest BCUT2D eigenvalue weighted by Crippen LogP contribution is -2.43. The summed E-state index contributed by atoms with van der Waals surface area (Å²) in [5.74, 6) is 0.376. The Balaban J connectivity index is 0.00000220. The summed E-state index contributed by atoms with van der Waals surface area (Å²) in [6.45, 7) is 4.94. The maximum Gasteiger partial charge on any atom is 0.261 e. The zero-order chi connectivity index (χ0) is 14.5. The predicted octanol–water partition coefficient (Wildman–Crippen LogP) is 1.56. The maximum atomic E-state index is 12.0. The fourth-order valence-electron chi connectivity index (χ4n) is 2.14. The van der Waals surface area contributed by atoms with Crippen LogP contribution in [0.1, 0.15) is 30.6 Å². The number of ether oxygens (including phenoxy) is 1. The van der Waals surface area contributed by atoms with E-state index in [2.05, 4.69) is 10.6 Å². The highest BCUT2D eigenvalue weighted by Gasteiger charge is 2.21. The van der Waals surface area contributed by atoms with Crippen LogP contribution in [-0.2, 0) is 4.79 Å². The first-order valence-electron chi connectivity index (χ1n) is 6.85. The highest BCUT2D eigenvalue weighted by atomic mass is 35.5. The summed E-state index contributed by atoms with van der Waals surface area (Å²) in [6, 6.07) is 7.05. The van der Waals surface area contributed by atoms with Crippen LogP contribution in [0.5, 0.6) is 5.75 Å². The minimum Gasteiger partial charge on any atom is -0.481 e. The molecule has 1 amide bonds. The van der Waals surface area contributed by atoms with Crippen molar-refractivity contribution in [1.29, 1.82) is 0 Å². The van der Waals surface area contributed by atoms with Crippen molar-refractivity contribution in [2.24, 2.45) is 0 Å². The molecular formula is C15H21ClN2O3. The van der Waals surface area contributed by atoms with Gasteiger partial charge in [-0.15, -0.1) is 12.4 Å². The molecule has 0 spiro atoms. The van der Waals surface area contributed by atoms with Crippen LogP contribution in [0.25, 0.3) is 0 Å². The van der Waals surface area contributed by atoms with Gasteiger partial charge in [0.25, 0.3) is 5.91 Å². The van der Waals surface area contributed by atoms with Gasteiger partial charge >= 0.3 is 0 Å². The van der Waals surface area contributed by atoms with Gasteiger partial charge < -0.3 is 15.4 Å². The molecule has 0 aromatic heterocycles. The van der Waals surface area contributed by atoms with Crippen LogP contribution in [0.2, 0.25) is 0 Å². The summed E-state index contributed by atoms with van der Waals surface area (Å²) < 4.78 is 5.59. The van der Waals surface area contributed by atoms with Crippen molar-refractivity contribution in [1.82, 2.24) is 10.6 Å². The van der Waals surface area contributed by atoms with Crippen LogP contribution < -0.4 is 15.4 Å². The number of benzene rings is 1. The lowest BCUT2D eigenvalue weighted by Gasteiger charge is -2.18. The molecule has 0 bridgehead atoms. The van der Waals surface area contributed by atoms with Crippen LogP contribution in [0.15, 0.2) is 24.3 Å². The van der Waals surface area contributed by atoms with Crippen LogP contribution in [0, 0.1) is 0 Å². The molecule has 1 aromatic rings. The number of carbonyl (C=O) groups is 2. The molecule has 0 aliphatic carbocycles. The Morgan fingerprint density at radius 2 is 2.19 bits per heavy atom. The Kier molecular flexibility index (Phi) is 6.65.